The van der Waals surface area contributed by atoms with Crippen molar-refractivity contribution in [3.63, 3.8) is 0 Å². The normalized spacial score (nSPS) is 10.4. The highest BCUT2D eigenvalue weighted by Gasteiger charge is 2.38. The maximum Gasteiger partial charge on any atom is 0.490 e. The Morgan fingerprint density at radius 2 is 1.63 bits per heavy atom. The number of ketones is 1. The Bertz CT molecular complexity index is 427. The molecule has 106 valence electrons. The van der Waals surface area contributed by atoms with E-state index >= 15 is 0 Å². The summed E-state index contributed by atoms with van der Waals surface area (Å²) in [4.78, 5) is 20.1. The minimum Gasteiger partial charge on any atom is -0.475 e. The zero-order valence-electron chi connectivity index (χ0n) is 10.2. The van der Waals surface area contributed by atoms with Crippen molar-refractivity contribution in [2.75, 3.05) is 0 Å². The van der Waals surface area contributed by atoms with Crippen molar-refractivity contribution in [3.05, 3.63) is 35.4 Å². The number of halogens is 3. The summed E-state index contributed by atoms with van der Waals surface area (Å²) in [5, 5.41) is 7.12. The summed E-state index contributed by atoms with van der Waals surface area (Å²) in [5.74, 6) is -2.58. The maximum absolute atomic E-state index is 11.2. The first-order chi connectivity index (χ1) is 8.72. The van der Waals surface area contributed by atoms with Gasteiger partial charge in [-0.05, 0) is 5.56 Å². The largest absolute Gasteiger partial charge is 0.490 e. The number of rotatable bonds is 3. The zero-order chi connectivity index (χ0) is 15.1. The van der Waals surface area contributed by atoms with Crippen LogP contribution in [-0.4, -0.2) is 23.0 Å². The van der Waals surface area contributed by atoms with Crippen LogP contribution in [0.25, 0.3) is 0 Å². The molecular weight excluding hydrogens is 263 g/mol. The molecule has 0 aliphatic carbocycles. The molecule has 0 heterocycles. The van der Waals surface area contributed by atoms with E-state index in [4.69, 9.17) is 15.6 Å². The molecule has 0 bridgehead atoms. The number of hydrogen-bond donors (Lipinski definition) is 2. The first-order valence-electron chi connectivity index (χ1n) is 5.34. The molecule has 1 aromatic carbocycles. The molecule has 0 fully saturated rings. The second-order valence-electron chi connectivity index (χ2n) is 3.48. The molecule has 19 heavy (non-hydrogen) atoms. The fraction of sp³-hybridized carbons (Fsp3) is 0.333. The second-order valence-corrected chi connectivity index (χ2v) is 3.48. The SMILES string of the molecule is CCC(=O)c1ccc(CN)cc1.O=C(O)C(F)(F)F. The first kappa shape index (κ1) is 17.1. The van der Waals surface area contributed by atoms with Crippen LogP contribution >= 0.6 is 0 Å². The molecule has 0 amide bonds. The number of benzene rings is 1. The van der Waals surface area contributed by atoms with Crippen molar-refractivity contribution < 1.29 is 27.9 Å². The van der Waals surface area contributed by atoms with E-state index in [2.05, 4.69) is 0 Å². The van der Waals surface area contributed by atoms with Gasteiger partial charge in [0, 0.05) is 18.5 Å². The molecule has 0 aliphatic rings. The molecular formula is C12H14F3NO3. The van der Waals surface area contributed by atoms with Gasteiger partial charge in [-0.25, -0.2) is 4.79 Å². The van der Waals surface area contributed by atoms with Gasteiger partial charge in [0.1, 0.15) is 0 Å². The Morgan fingerprint density at radius 3 is 1.89 bits per heavy atom. The summed E-state index contributed by atoms with van der Waals surface area (Å²) in [6, 6.07) is 7.44. The summed E-state index contributed by atoms with van der Waals surface area (Å²) >= 11 is 0. The molecule has 0 saturated heterocycles. The van der Waals surface area contributed by atoms with Gasteiger partial charge in [0.05, 0.1) is 0 Å². The lowest BCUT2D eigenvalue weighted by molar-refractivity contribution is -0.192. The van der Waals surface area contributed by atoms with Crippen molar-refractivity contribution in [1.29, 1.82) is 0 Å². The number of Topliss-reactive ketones (excluding diaryl/α,β-unsaturated/α-hetero) is 1. The number of hydrogen-bond acceptors (Lipinski definition) is 3. The number of aliphatic carboxylic acids is 1. The van der Waals surface area contributed by atoms with Crippen LogP contribution in [0.1, 0.15) is 29.3 Å². The third-order valence-corrected chi connectivity index (χ3v) is 2.08. The zero-order valence-corrected chi connectivity index (χ0v) is 10.2. The van der Waals surface area contributed by atoms with Crippen LogP contribution < -0.4 is 5.73 Å². The van der Waals surface area contributed by atoms with E-state index in [0.29, 0.717) is 13.0 Å². The molecule has 4 nitrogen and oxygen atoms in total. The molecule has 0 aliphatic heterocycles. The van der Waals surface area contributed by atoms with Gasteiger partial charge in [0.25, 0.3) is 0 Å². The smallest absolute Gasteiger partial charge is 0.475 e. The molecule has 7 heteroatoms. The number of carboxylic acids is 1. The Balaban J connectivity index is 0.000000399. The lowest BCUT2D eigenvalue weighted by Gasteiger charge is -1.99. The van der Waals surface area contributed by atoms with E-state index in [-0.39, 0.29) is 5.78 Å². The van der Waals surface area contributed by atoms with Gasteiger partial charge in [-0.3, -0.25) is 4.79 Å². The third kappa shape index (κ3) is 6.56. The van der Waals surface area contributed by atoms with E-state index in [1.165, 1.54) is 0 Å². The van der Waals surface area contributed by atoms with Crippen LogP contribution in [0.15, 0.2) is 24.3 Å². The average Bonchev–Trinajstić information content (AvgIpc) is 2.37. The van der Waals surface area contributed by atoms with Gasteiger partial charge >= 0.3 is 12.1 Å². The van der Waals surface area contributed by atoms with Gasteiger partial charge in [-0.2, -0.15) is 13.2 Å². The van der Waals surface area contributed by atoms with Crippen LogP contribution in [0.4, 0.5) is 13.2 Å². The van der Waals surface area contributed by atoms with Crippen molar-refractivity contribution in [2.45, 2.75) is 26.1 Å². The molecule has 0 aromatic heterocycles. The quantitative estimate of drug-likeness (QED) is 0.831. The van der Waals surface area contributed by atoms with Gasteiger partial charge in [-0.1, -0.05) is 31.2 Å². The fourth-order valence-electron chi connectivity index (χ4n) is 1.03. The van der Waals surface area contributed by atoms with Crippen LogP contribution in [0.2, 0.25) is 0 Å². The van der Waals surface area contributed by atoms with Gasteiger partial charge in [0.2, 0.25) is 0 Å². The van der Waals surface area contributed by atoms with Crippen molar-refractivity contribution >= 4 is 11.8 Å². The number of carbonyl (C=O) groups excluding carboxylic acids is 1. The van der Waals surface area contributed by atoms with E-state index < -0.39 is 12.1 Å². The van der Waals surface area contributed by atoms with Gasteiger partial charge < -0.3 is 10.8 Å². The lowest BCUT2D eigenvalue weighted by Crippen LogP contribution is -2.21. The molecule has 0 atom stereocenters. The average molecular weight is 277 g/mol. The van der Waals surface area contributed by atoms with E-state index in [1.54, 1.807) is 0 Å². The maximum atomic E-state index is 11.2. The summed E-state index contributed by atoms with van der Waals surface area (Å²) in [6.07, 6.45) is -4.53. The number of carbonyl (C=O) groups is 2. The lowest BCUT2D eigenvalue weighted by atomic mass is 10.1. The summed E-state index contributed by atoms with van der Waals surface area (Å²) in [5.41, 5.74) is 7.25. The Kier molecular flexibility index (Phi) is 6.78. The van der Waals surface area contributed by atoms with Crippen LogP contribution in [0.3, 0.4) is 0 Å². The van der Waals surface area contributed by atoms with Crippen LogP contribution in [-0.2, 0) is 11.3 Å². The highest BCUT2D eigenvalue weighted by atomic mass is 19.4. The van der Waals surface area contributed by atoms with E-state index in [0.717, 1.165) is 11.1 Å². The molecule has 1 rings (SSSR count). The number of carboxylic acid groups (broad SMARTS) is 1. The first-order valence-corrected chi connectivity index (χ1v) is 5.34. The van der Waals surface area contributed by atoms with E-state index in [1.807, 2.05) is 31.2 Å². The fourth-order valence-corrected chi connectivity index (χ4v) is 1.03. The third-order valence-electron chi connectivity index (χ3n) is 2.08. The number of alkyl halides is 3. The number of nitrogens with two attached hydrogens (primary N) is 1. The highest BCUT2D eigenvalue weighted by molar-refractivity contribution is 5.95. The van der Waals surface area contributed by atoms with Crippen LogP contribution in [0.5, 0.6) is 0 Å². The second kappa shape index (κ2) is 7.52. The molecule has 0 radical (unpaired) electrons. The minimum absolute atomic E-state index is 0.179. The predicted octanol–water partition coefficient (Wildman–Crippen LogP) is 2.37. The summed E-state index contributed by atoms with van der Waals surface area (Å²) in [6.45, 7) is 2.39. The Labute approximate surface area is 108 Å². The van der Waals surface area contributed by atoms with Crippen molar-refractivity contribution in [2.24, 2.45) is 5.73 Å². The summed E-state index contributed by atoms with van der Waals surface area (Å²) < 4.78 is 31.7. The Hall–Kier alpha value is -1.89. The van der Waals surface area contributed by atoms with E-state index in [9.17, 15) is 18.0 Å². The van der Waals surface area contributed by atoms with Crippen LogP contribution in [0, 0.1) is 0 Å². The van der Waals surface area contributed by atoms with Gasteiger partial charge in [-0.15, -0.1) is 0 Å². The van der Waals surface area contributed by atoms with Crippen molar-refractivity contribution in [1.82, 2.24) is 0 Å². The molecule has 0 saturated carbocycles. The summed E-state index contributed by atoms with van der Waals surface area (Å²) in [7, 11) is 0. The molecule has 0 spiro atoms. The predicted molar refractivity (Wildman–Crippen MR) is 62.6 cm³/mol. The minimum atomic E-state index is -5.08. The topological polar surface area (TPSA) is 80.4 Å². The molecule has 3 N–H and O–H groups in total. The van der Waals surface area contributed by atoms with Crippen molar-refractivity contribution in [3.8, 4) is 0 Å². The molecule has 0 unspecified atom stereocenters. The monoisotopic (exact) mass is 277 g/mol. The Morgan fingerprint density at radius 1 is 1.21 bits per heavy atom. The molecule has 1 aromatic rings. The van der Waals surface area contributed by atoms with Gasteiger partial charge in [0.15, 0.2) is 5.78 Å². The standard InChI is InChI=1S/C10H13NO.C2HF3O2/c1-2-10(12)9-5-3-8(7-11)4-6-9;3-2(4,5)1(6)7/h3-6H,2,7,11H2,1H3;(H,6,7). The highest BCUT2D eigenvalue weighted by Crippen LogP contribution is 2.13.